The van der Waals surface area contributed by atoms with Crippen LogP contribution in [0, 0.1) is 0 Å². The summed E-state index contributed by atoms with van der Waals surface area (Å²) in [4.78, 5) is 6.88. The molecule has 0 aromatic heterocycles. The highest BCUT2D eigenvalue weighted by Crippen LogP contribution is 2.34. The normalized spacial score (nSPS) is 16.3. The van der Waals surface area contributed by atoms with Gasteiger partial charge in [0.1, 0.15) is 0 Å². The highest BCUT2D eigenvalue weighted by molar-refractivity contribution is 6.30. The second-order valence-corrected chi connectivity index (χ2v) is 6.24. The number of benzene rings is 1. The van der Waals surface area contributed by atoms with Gasteiger partial charge in [0.2, 0.25) is 0 Å². The van der Waals surface area contributed by atoms with Crippen molar-refractivity contribution in [3.63, 3.8) is 0 Å². The molecular weight excluding hydrogens is 256 g/mol. The molecule has 0 N–H and O–H groups in total. The second kappa shape index (κ2) is 5.38. The van der Waals surface area contributed by atoms with Crippen LogP contribution in [-0.2, 0) is 0 Å². The first kappa shape index (κ1) is 14.1. The fourth-order valence-corrected chi connectivity index (χ4v) is 2.63. The van der Waals surface area contributed by atoms with Crippen LogP contribution < -0.4 is 4.90 Å². The molecule has 0 bridgehead atoms. The van der Waals surface area contributed by atoms with E-state index in [1.165, 1.54) is 5.69 Å². The van der Waals surface area contributed by atoms with Crippen molar-refractivity contribution in [2.24, 2.45) is 4.99 Å². The molecule has 0 amide bonds. The van der Waals surface area contributed by atoms with Crippen molar-refractivity contribution in [2.75, 3.05) is 11.4 Å². The van der Waals surface area contributed by atoms with E-state index in [1.807, 2.05) is 25.3 Å². The van der Waals surface area contributed by atoms with E-state index in [4.69, 9.17) is 11.6 Å². The fourth-order valence-electron chi connectivity index (χ4n) is 2.45. The summed E-state index contributed by atoms with van der Waals surface area (Å²) in [5.74, 6) is 0. The van der Waals surface area contributed by atoms with Gasteiger partial charge in [-0.3, -0.25) is 4.99 Å². The van der Waals surface area contributed by atoms with Crippen molar-refractivity contribution in [3.05, 3.63) is 34.5 Å². The molecule has 2 nitrogen and oxygen atoms in total. The molecule has 0 unspecified atom stereocenters. The zero-order chi connectivity index (χ0) is 14.0. The Morgan fingerprint density at radius 1 is 1.32 bits per heavy atom. The summed E-state index contributed by atoms with van der Waals surface area (Å²) in [6, 6.07) is 6.09. The lowest BCUT2D eigenvalue weighted by Gasteiger charge is -2.38. The van der Waals surface area contributed by atoms with Gasteiger partial charge >= 0.3 is 0 Å². The molecule has 1 aliphatic rings. The van der Waals surface area contributed by atoms with Crippen LogP contribution in [0.3, 0.4) is 0 Å². The Bertz CT molecular complexity index is 524. The molecule has 1 aliphatic heterocycles. The van der Waals surface area contributed by atoms with Gasteiger partial charge in [-0.1, -0.05) is 11.6 Å². The molecular formula is C16H21ClN2. The SMILES string of the molecule is CC=NC1=Cc2cc(Cl)ccc2N(C(C)(C)C)CC1. The van der Waals surface area contributed by atoms with E-state index in [0.717, 1.165) is 29.2 Å². The molecule has 0 fully saturated rings. The van der Waals surface area contributed by atoms with Crippen LogP contribution in [0.25, 0.3) is 6.08 Å². The molecule has 1 aromatic rings. The maximum atomic E-state index is 6.13. The van der Waals surface area contributed by atoms with Gasteiger partial charge in [0.15, 0.2) is 0 Å². The van der Waals surface area contributed by atoms with Gasteiger partial charge < -0.3 is 4.90 Å². The van der Waals surface area contributed by atoms with Gasteiger partial charge in [-0.25, -0.2) is 0 Å². The first-order valence-electron chi connectivity index (χ1n) is 6.68. The Morgan fingerprint density at radius 2 is 2.05 bits per heavy atom. The quantitative estimate of drug-likeness (QED) is 0.674. The van der Waals surface area contributed by atoms with Crippen LogP contribution in [0.4, 0.5) is 5.69 Å². The average Bonchev–Trinajstić information content (AvgIpc) is 2.47. The van der Waals surface area contributed by atoms with Crippen LogP contribution in [0.5, 0.6) is 0 Å². The minimum atomic E-state index is 0.0851. The van der Waals surface area contributed by atoms with Crippen LogP contribution >= 0.6 is 11.6 Å². The van der Waals surface area contributed by atoms with E-state index < -0.39 is 0 Å². The van der Waals surface area contributed by atoms with E-state index in [-0.39, 0.29) is 5.54 Å². The fraction of sp³-hybridized carbons (Fsp3) is 0.438. The lowest BCUT2D eigenvalue weighted by molar-refractivity contribution is 0.504. The predicted octanol–water partition coefficient (Wildman–Crippen LogP) is 4.78. The third kappa shape index (κ3) is 3.19. The topological polar surface area (TPSA) is 15.6 Å². The number of aliphatic imine (C=N–C) groups is 1. The maximum Gasteiger partial charge on any atom is 0.0446 e. The molecule has 102 valence electrons. The van der Waals surface area contributed by atoms with Crippen LogP contribution in [0.15, 0.2) is 28.9 Å². The van der Waals surface area contributed by atoms with Crippen molar-refractivity contribution in [3.8, 4) is 0 Å². The van der Waals surface area contributed by atoms with Crippen molar-refractivity contribution in [1.82, 2.24) is 0 Å². The number of rotatable bonds is 1. The second-order valence-electron chi connectivity index (χ2n) is 5.80. The highest BCUT2D eigenvalue weighted by atomic mass is 35.5. The first-order valence-corrected chi connectivity index (χ1v) is 7.06. The Hall–Kier alpha value is -1.28. The van der Waals surface area contributed by atoms with Gasteiger partial charge in [0.25, 0.3) is 0 Å². The molecule has 2 rings (SSSR count). The predicted molar refractivity (Wildman–Crippen MR) is 85.3 cm³/mol. The van der Waals surface area contributed by atoms with Gasteiger partial charge in [-0.2, -0.15) is 0 Å². The van der Waals surface area contributed by atoms with Crippen LogP contribution in [-0.4, -0.2) is 18.3 Å². The average molecular weight is 277 g/mol. The van der Waals surface area contributed by atoms with E-state index >= 15 is 0 Å². The van der Waals surface area contributed by atoms with E-state index in [2.05, 4.69) is 42.8 Å². The molecule has 0 spiro atoms. The summed E-state index contributed by atoms with van der Waals surface area (Å²) < 4.78 is 0. The number of anilines is 1. The molecule has 19 heavy (non-hydrogen) atoms. The summed E-state index contributed by atoms with van der Waals surface area (Å²) >= 11 is 6.13. The smallest absolute Gasteiger partial charge is 0.0446 e. The van der Waals surface area contributed by atoms with Gasteiger partial charge in [-0.15, -0.1) is 0 Å². The Labute approximate surface area is 120 Å². The highest BCUT2D eigenvalue weighted by Gasteiger charge is 2.25. The van der Waals surface area contributed by atoms with Crippen molar-refractivity contribution >= 4 is 29.6 Å². The number of hydrogen-bond donors (Lipinski definition) is 0. The Kier molecular flexibility index (Phi) is 4.00. The van der Waals surface area contributed by atoms with Gasteiger partial charge in [0, 0.05) is 46.7 Å². The zero-order valence-corrected chi connectivity index (χ0v) is 12.8. The Morgan fingerprint density at radius 3 is 2.68 bits per heavy atom. The monoisotopic (exact) mass is 276 g/mol. The van der Waals surface area contributed by atoms with Crippen molar-refractivity contribution in [1.29, 1.82) is 0 Å². The number of nitrogens with zero attached hydrogens (tertiary/aromatic N) is 2. The Balaban J connectivity index is 2.53. The van der Waals surface area contributed by atoms with E-state index in [9.17, 15) is 0 Å². The van der Waals surface area contributed by atoms with Gasteiger partial charge in [-0.05, 0) is 52.0 Å². The first-order chi connectivity index (χ1) is 8.91. The van der Waals surface area contributed by atoms with Crippen LogP contribution in [0.2, 0.25) is 5.02 Å². The van der Waals surface area contributed by atoms with Crippen molar-refractivity contribution in [2.45, 2.75) is 39.7 Å². The summed E-state index contributed by atoms with van der Waals surface area (Å²) in [5, 5.41) is 0.769. The minimum Gasteiger partial charge on any atom is -0.366 e. The third-order valence-corrected chi connectivity index (χ3v) is 3.53. The number of hydrogen-bond acceptors (Lipinski definition) is 2. The molecule has 0 radical (unpaired) electrons. The zero-order valence-electron chi connectivity index (χ0n) is 12.1. The van der Waals surface area contributed by atoms with E-state index in [1.54, 1.807) is 0 Å². The van der Waals surface area contributed by atoms with E-state index in [0.29, 0.717) is 0 Å². The summed E-state index contributed by atoms with van der Waals surface area (Å²) in [7, 11) is 0. The molecule has 0 atom stereocenters. The molecule has 1 heterocycles. The van der Waals surface area contributed by atoms with Gasteiger partial charge in [0.05, 0.1) is 0 Å². The summed E-state index contributed by atoms with van der Waals surface area (Å²) in [5.41, 5.74) is 3.58. The number of halogens is 1. The summed E-state index contributed by atoms with van der Waals surface area (Å²) in [6.45, 7) is 9.63. The third-order valence-electron chi connectivity index (χ3n) is 3.30. The molecule has 0 aliphatic carbocycles. The van der Waals surface area contributed by atoms with Crippen molar-refractivity contribution < 1.29 is 0 Å². The standard InChI is InChI=1S/C16H21ClN2/c1-5-18-14-8-9-19(16(2,3)4)15-7-6-13(17)10-12(15)11-14/h5-7,10-11H,8-9H2,1-4H3. The lowest BCUT2D eigenvalue weighted by Crippen LogP contribution is -2.42. The maximum absolute atomic E-state index is 6.13. The molecule has 3 heteroatoms. The largest absolute Gasteiger partial charge is 0.366 e. The molecule has 1 aromatic carbocycles. The minimum absolute atomic E-state index is 0.0851. The van der Waals surface area contributed by atoms with Crippen LogP contribution in [0.1, 0.15) is 39.7 Å². The number of fused-ring (bicyclic) bond motifs is 1. The molecule has 0 saturated carbocycles. The lowest BCUT2D eigenvalue weighted by atomic mass is 10.0. The summed E-state index contributed by atoms with van der Waals surface area (Å²) in [6.07, 6.45) is 4.95. The molecule has 0 saturated heterocycles.